The maximum absolute atomic E-state index is 11.0. The SMILES string of the molecule is CN(Cc1cccc(Br)c1)c1ccc([N+](=O)[O-])c(C=O)c1. The highest BCUT2D eigenvalue weighted by Crippen LogP contribution is 2.24. The molecule has 0 radical (unpaired) electrons. The second-order valence-electron chi connectivity index (χ2n) is 4.60. The summed E-state index contributed by atoms with van der Waals surface area (Å²) < 4.78 is 0.991. The summed E-state index contributed by atoms with van der Waals surface area (Å²) in [6.45, 7) is 0.634. The van der Waals surface area contributed by atoms with E-state index in [1.165, 1.54) is 12.1 Å². The molecule has 2 aromatic rings. The molecule has 2 rings (SSSR count). The smallest absolute Gasteiger partial charge is 0.280 e. The first-order chi connectivity index (χ1) is 10.0. The van der Waals surface area contributed by atoms with Crippen LogP contribution >= 0.6 is 15.9 Å². The Hall–Kier alpha value is -2.21. The number of carbonyl (C=O) groups is 1. The molecule has 0 saturated heterocycles. The van der Waals surface area contributed by atoms with Gasteiger partial charge in [-0.2, -0.15) is 0 Å². The van der Waals surface area contributed by atoms with E-state index in [0.29, 0.717) is 12.8 Å². The third-order valence-corrected chi connectivity index (χ3v) is 3.58. The zero-order valence-corrected chi connectivity index (χ0v) is 12.9. The molecule has 0 N–H and O–H groups in total. The Kier molecular flexibility index (Phi) is 4.70. The molecule has 5 nitrogen and oxygen atoms in total. The average molecular weight is 349 g/mol. The molecule has 21 heavy (non-hydrogen) atoms. The first-order valence-corrected chi connectivity index (χ1v) is 7.00. The number of nitro benzene ring substituents is 1. The van der Waals surface area contributed by atoms with Gasteiger partial charge in [0.05, 0.1) is 10.5 Å². The van der Waals surface area contributed by atoms with Gasteiger partial charge in [0.25, 0.3) is 5.69 Å². The lowest BCUT2D eigenvalue weighted by molar-refractivity contribution is -0.385. The number of anilines is 1. The fourth-order valence-corrected chi connectivity index (χ4v) is 2.49. The molecule has 0 heterocycles. The Morgan fingerprint density at radius 1 is 1.29 bits per heavy atom. The maximum atomic E-state index is 11.0. The van der Waals surface area contributed by atoms with Crippen molar-refractivity contribution in [1.29, 1.82) is 0 Å². The van der Waals surface area contributed by atoms with Crippen molar-refractivity contribution in [2.45, 2.75) is 6.54 Å². The summed E-state index contributed by atoms with van der Waals surface area (Å²) >= 11 is 3.42. The van der Waals surface area contributed by atoms with Gasteiger partial charge < -0.3 is 4.90 Å². The molecule has 0 aliphatic carbocycles. The molecule has 0 unspecified atom stereocenters. The van der Waals surface area contributed by atoms with Crippen LogP contribution in [0.25, 0.3) is 0 Å². The molecule has 108 valence electrons. The Bertz CT molecular complexity index is 688. The van der Waals surface area contributed by atoms with E-state index < -0.39 is 4.92 Å². The van der Waals surface area contributed by atoms with E-state index in [1.54, 1.807) is 6.07 Å². The van der Waals surface area contributed by atoms with Crippen molar-refractivity contribution in [3.8, 4) is 0 Å². The van der Waals surface area contributed by atoms with Gasteiger partial charge in [-0.3, -0.25) is 14.9 Å². The van der Waals surface area contributed by atoms with Crippen LogP contribution in [0.15, 0.2) is 46.9 Å². The third-order valence-electron chi connectivity index (χ3n) is 3.08. The van der Waals surface area contributed by atoms with Gasteiger partial charge in [-0.25, -0.2) is 0 Å². The van der Waals surface area contributed by atoms with Gasteiger partial charge in [-0.1, -0.05) is 28.1 Å². The largest absolute Gasteiger partial charge is 0.370 e. The summed E-state index contributed by atoms with van der Waals surface area (Å²) in [4.78, 5) is 23.2. The van der Waals surface area contributed by atoms with Crippen LogP contribution in [-0.4, -0.2) is 18.3 Å². The Morgan fingerprint density at radius 2 is 2.05 bits per heavy atom. The minimum atomic E-state index is -0.554. The molecule has 0 fully saturated rings. The molecule has 0 amide bonds. The molecule has 0 aliphatic heterocycles. The van der Waals surface area contributed by atoms with Crippen LogP contribution in [0.2, 0.25) is 0 Å². The standard InChI is InChI=1S/C15H13BrN2O3/c1-17(9-11-3-2-4-13(16)7-11)14-5-6-15(18(20)21)12(8-14)10-19/h2-8,10H,9H2,1H3. The van der Waals surface area contributed by atoms with E-state index in [4.69, 9.17) is 0 Å². The van der Waals surface area contributed by atoms with E-state index in [1.807, 2.05) is 36.2 Å². The van der Waals surface area contributed by atoms with Crippen molar-refractivity contribution in [1.82, 2.24) is 0 Å². The first-order valence-electron chi connectivity index (χ1n) is 6.20. The molecular weight excluding hydrogens is 336 g/mol. The predicted octanol–water partition coefficient (Wildman–Crippen LogP) is 3.81. The summed E-state index contributed by atoms with van der Waals surface area (Å²) in [5.41, 5.74) is 1.75. The summed E-state index contributed by atoms with van der Waals surface area (Å²) in [6.07, 6.45) is 0.509. The van der Waals surface area contributed by atoms with Gasteiger partial charge in [0.15, 0.2) is 6.29 Å². The van der Waals surface area contributed by atoms with Gasteiger partial charge in [-0.15, -0.1) is 0 Å². The monoisotopic (exact) mass is 348 g/mol. The van der Waals surface area contributed by atoms with Crippen LogP contribution in [-0.2, 0) is 6.54 Å². The maximum Gasteiger partial charge on any atom is 0.280 e. The van der Waals surface area contributed by atoms with Crippen LogP contribution in [0.5, 0.6) is 0 Å². The van der Waals surface area contributed by atoms with Crippen LogP contribution in [0.4, 0.5) is 11.4 Å². The van der Waals surface area contributed by atoms with Crippen molar-refractivity contribution < 1.29 is 9.72 Å². The zero-order valence-electron chi connectivity index (χ0n) is 11.3. The highest BCUT2D eigenvalue weighted by Gasteiger charge is 2.14. The van der Waals surface area contributed by atoms with Gasteiger partial charge in [0.1, 0.15) is 0 Å². The normalized spacial score (nSPS) is 10.2. The Labute approximate surface area is 130 Å². The van der Waals surface area contributed by atoms with Crippen molar-refractivity contribution in [2.24, 2.45) is 0 Å². The molecule has 0 aromatic heterocycles. The van der Waals surface area contributed by atoms with E-state index in [0.717, 1.165) is 15.7 Å². The lowest BCUT2D eigenvalue weighted by Crippen LogP contribution is -2.16. The molecule has 0 bridgehead atoms. The molecule has 0 aliphatic rings. The predicted molar refractivity (Wildman–Crippen MR) is 84.7 cm³/mol. The van der Waals surface area contributed by atoms with Crippen molar-refractivity contribution >= 4 is 33.6 Å². The number of nitro groups is 1. The van der Waals surface area contributed by atoms with Crippen LogP contribution in [0.1, 0.15) is 15.9 Å². The molecule has 0 spiro atoms. The molecule has 0 saturated carbocycles. The second kappa shape index (κ2) is 6.49. The number of hydrogen-bond donors (Lipinski definition) is 0. The minimum Gasteiger partial charge on any atom is -0.370 e. The molecule has 2 aromatic carbocycles. The molecular formula is C15H13BrN2O3. The van der Waals surface area contributed by atoms with E-state index >= 15 is 0 Å². The third kappa shape index (κ3) is 3.66. The van der Waals surface area contributed by atoms with Gasteiger partial charge in [-0.05, 0) is 29.8 Å². The lowest BCUT2D eigenvalue weighted by Gasteiger charge is -2.19. The van der Waals surface area contributed by atoms with E-state index in [-0.39, 0.29) is 11.3 Å². The van der Waals surface area contributed by atoms with Crippen LogP contribution < -0.4 is 4.90 Å². The van der Waals surface area contributed by atoms with Crippen molar-refractivity contribution in [3.63, 3.8) is 0 Å². The zero-order chi connectivity index (χ0) is 15.4. The number of benzene rings is 2. The van der Waals surface area contributed by atoms with E-state index in [9.17, 15) is 14.9 Å². The average Bonchev–Trinajstić information content (AvgIpc) is 2.46. The van der Waals surface area contributed by atoms with Gasteiger partial charge >= 0.3 is 0 Å². The fraction of sp³-hybridized carbons (Fsp3) is 0.133. The number of aldehydes is 1. The Balaban J connectivity index is 2.25. The summed E-state index contributed by atoms with van der Waals surface area (Å²) in [6, 6.07) is 12.4. The van der Waals surface area contributed by atoms with Crippen LogP contribution in [0, 0.1) is 10.1 Å². The Morgan fingerprint density at radius 3 is 2.67 bits per heavy atom. The van der Waals surface area contributed by atoms with Crippen molar-refractivity contribution in [3.05, 3.63) is 68.2 Å². The molecule has 6 heteroatoms. The summed E-state index contributed by atoms with van der Waals surface area (Å²) in [5.74, 6) is 0. The second-order valence-corrected chi connectivity index (χ2v) is 5.52. The quantitative estimate of drug-likeness (QED) is 0.468. The van der Waals surface area contributed by atoms with E-state index in [2.05, 4.69) is 15.9 Å². The highest BCUT2D eigenvalue weighted by atomic mass is 79.9. The number of hydrogen-bond acceptors (Lipinski definition) is 4. The lowest BCUT2D eigenvalue weighted by atomic mass is 10.1. The highest BCUT2D eigenvalue weighted by molar-refractivity contribution is 9.10. The number of rotatable bonds is 5. The minimum absolute atomic E-state index is 0.0820. The topological polar surface area (TPSA) is 63.4 Å². The number of halogens is 1. The van der Waals surface area contributed by atoms with Crippen molar-refractivity contribution in [2.75, 3.05) is 11.9 Å². The first kappa shape index (κ1) is 15.2. The fourth-order valence-electron chi connectivity index (χ4n) is 2.04. The molecule has 0 atom stereocenters. The number of nitrogens with zero attached hydrogens (tertiary/aromatic N) is 2. The summed E-state index contributed by atoms with van der Waals surface area (Å²) in [5, 5.41) is 10.8. The van der Waals surface area contributed by atoms with Gasteiger partial charge in [0.2, 0.25) is 0 Å². The van der Waals surface area contributed by atoms with Crippen LogP contribution in [0.3, 0.4) is 0 Å². The summed E-state index contributed by atoms with van der Waals surface area (Å²) in [7, 11) is 1.87. The number of carbonyl (C=O) groups excluding carboxylic acids is 1. The van der Waals surface area contributed by atoms with Gasteiger partial charge in [0, 0.05) is 29.8 Å².